The smallest absolute Gasteiger partial charge is 0.181 e. The average Bonchev–Trinajstić information content (AvgIpc) is 2.84. The number of nitrogens with zero attached hydrogens (tertiary/aromatic N) is 4. The van der Waals surface area contributed by atoms with Gasteiger partial charge in [-0.25, -0.2) is 4.68 Å². The Morgan fingerprint density at radius 2 is 2.14 bits per heavy atom. The number of rotatable bonds is 6. The number of ether oxygens (including phenoxy) is 1. The molecule has 0 aliphatic rings. The number of hydrogen-bond donors (Lipinski definition) is 1. The van der Waals surface area contributed by atoms with Gasteiger partial charge in [0.1, 0.15) is 0 Å². The van der Waals surface area contributed by atoms with E-state index in [0.29, 0.717) is 6.04 Å². The van der Waals surface area contributed by atoms with Gasteiger partial charge in [-0.05, 0) is 49.8 Å². The molecular formula is C15H23N5O. The van der Waals surface area contributed by atoms with E-state index in [-0.39, 0.29) is 5.60 Å². The molecule has 6 heteroatoms. The second-order valence-corrected chi connectivity index (χ2v) is 5.92. The zero-order valence-electron chi connectivity index (χ0n) is 13.3. The van der Waals surface area contributed by atoms with Crippen LogP contribution in [0.25, 0.3) is 11.4 Å². The van der Waals surface area contributed by atoms with Gasteiger partial charge in [0.15, 0.2) is 5.82 Å². The summed E-state index contributed by atoms with van der Waals surface area (Å²) in [5.74, 6) is 0.753. The van der Waals surface area contributed by atoms with E-state index in [1.807, 2.05) is 25.2 Å². The van der Waals surface area contributed by atoms with Crippen LogP contribution in [0.1, 0.15) is 27.2 Å². The number of nitrogens with one attached hydrogen (secondary N) is 1. The van der Waals surface area contributed by atoms with Gasteiger partial charge in [0, 0.05) is 31.5 Å². The van der Waals surface area contributed by atoms with Crippen LogP contribution in [-0.4, -0.2) is 39.0 Å². The number of aryl methyl sites for hydroxylation is 1. The Kier molecular flexibility index (Phi) is 4.57. The van der Waals surface area contributed by atoms with Crippen molar-refractivity contribution in [3.05, 3.63) is 24.3 Å². The van der Waals surface area contributed by atoms with Crippen LogP contribution >= 0.6 is 0 Å². The van der Waals surface area contributed by atoms with Gasteiger partial charge in [-0.3, -0.25) is 0 Å². The zero-order chi connectivity index (χ0) is 15.5. The van der Waals surface area contributed by atoms with Crippen LogP contribution < -0.4 is 5.32 Å². The van der Waals surface area contributed by atoms with E-state index < -0.39 is 0 Å². The lowest BCUT2D eigenvalue weighted by atomic mass is 9.99. The van der Waals surface area contributed by atoms with E-state index >= 15 is 0 Å². The van der Waals surface area contributed by atoms with Crippen LogP contribution in [-0.2, 0) is 11.8 Å². The van der Waals surface area contributed by atoms with Crippen LogP contribution in [0.15, 0.2) is 24.3 Å². The van der Waals surface area contributed by atoms with Crippen LogP contribution in [0.5, 0.6) is 0 Å². The summed E-state index contributed by atoms with van der Waals surface area (Å²) in [5, 5.41) is 15.1. The molecule has 0 saturated carbocycles. The largest absolute Gasteiger partial charge is 0.382 e. The highest BCUT2D eigenvalue weighted by molar-refractivity contribution is 5.62. The lowest BCUT2D eigenvalue weighted by Gasteiger charge is -2.27. The quantitative estimate of drug-likeness (QED) is 0.885. The molecule has 1 heterocycles. The fourth-order valence-electron chi connectivity index (χ4n) is 2.38. The normalized spacial score (nSPS) is 13.2. The Morgan fingerprint density at radius 1 is 1.38 bits per heavy atom. The molecule has 1 N–H and O–H groups in total. The first-order chi connectivity index (χ1) is 9.91. The molecule has 21 heavy (non-hydrogen) atoms. The summed E-state index contributed by atoms with van der Waals surface area (Å²) >= 11 is 0. The maximum Gasteiger partial charge on any atom is 0.181 e. The summed E-state index contributed by atoms with van der Waals surface area (Å²) in [7, 11) is 3.58. The standard InChI is InChI=1S/C15H23N5O/c1-11(10-15(2,3)21-5)16-13-8-6-7-12(9-13)14-17-18-19-20(14)4/h6-9,11,16H,10H2,1-5H3. The molecule has 0 aliphatic carbocycles. The molecule has 1 unspecified atom stereocenters. The van der Waals surface area contributed by atoms with Gasteiger partial charge in [0.05, 0.1) is 5.60 Å². The third-order valence-electron chi connectivity index (χ3n) is 3.50. The topological polar surface area (TPSA) is 64.9 Å². The number of tetrazole rings is 1. The van der Waals surface area contributed by atoms with Gasteiger partial charge < -0.3 is 10.1 Å². The molecule has 114 valence electrons. The molecule has 0 fully saturated rings. The Balaban J connectivity index is 2.10. The Labute approximate surface area is 125 Å². The predicted octanol–water partition coefficient (Wildman–Crippen LogP) is 2.49. The van der Waals surface area contributed by atoms with Gasteiger partial charge in [0.2, 0.25) is 0 Å². The van der Waals surface area contributed by atoms with Crippen molar-refractivity contribution in [3.8, 4) is 11.4 Å². The van der Waals surface area contributed by atoms with E-state index in [4.69, 9.17) is 4.74 Å². The number of benzene rings is 1. The third kappa shape index (κ3) is 4.01. The maximum atomic E-state index is 5.47. The lowest BCUT2D eigenvalue weighted by Crippen LogP contribution is -2.31. The van der Waals surface area contributed by atoms with Crippen molar-refractivity contribution in [2.24, 2.45) is 7.05 Å². The second kappa shape index (κ2) is 6.22. The number of hydrogen-bond acceptors (Lipinski definition) is 5. The van der Waals surface area contributed by atoms with Gasteiger partial charge in [-0.2, -0.15) is 0 Å². The van der Waals surface area contributed by atoms with E-state index in [9.17, 15) is 0 Å². The molecular weight excluding hydrogens is 266 g/mol. The molecule has 0 spiro atoms. The van der Waals surface area contributed by atoms with Gasteiger partial charge >= 0.3 is 0 Å². The zero-order valence-corrected chi connectivity index (χ0v) is 13.3. The summed E-state index contributed by atoms with van der Waals surface area (Å²) in [6.45, 7) is 6.33. The molecule has 0 radical (unpaired) electrons. The minimum Gasteiger partial charge on any atom is -0.382 e. The SMILES string of the molecule is COC(C)(C)CC(C)Nc1cccc(-c2nnnn2C)c1. The Bertz CT molecular complexity index is 593. The van der Waals surface area contributed by atoms with Crippen LogP contribution in [0.3, 0.4) is 0 Å². The lowest BCUT2D eigenvalue weighted by molar-refractivity contribution is 0.0128. The molecule has 0 bridgehead atoms. The molecule has 1 atom stereocenters. The number of anilines is 1. The van der Waals surface area contributed by atoms with Crippen molar-refractivity contribution < 1.29 is 4.74 Å². The van der Waals surface area contributed by atoms with Crippen molar-refractivity contribution in [1.82, 2.24) is 20.2 Å². The first-order valence-electron chi connectivity index (χ1n) is 7.06. The first kappa shape index (κ1) is 15.4. The van der Waals surface area contributed by atoms with E-state index in [2.05, 4.69) is 47.7 Å². The minimum atomic E-state index is -0.141. The highest BCUT2D eigenvalue weighted by Crippen LogP contribution is 2.22. The summed E-state index contributed by atoms with van der Waals surface area (Å²) in [6.07, 6.45) is 0.916. The second-order valence-electron chi connectivity index (χ2n) is 5.92. The van der Waals surface area contributed by atoms with Gasteiger partial charge in [0.25, 0.3) is 0 Å². The molecule has 2 rings (SSSR count). The third-order valence-corrected chi connectivity index (χ3v) is 3.50. The Morgan fingerprint density at radius 3 is 2.76 bits per heavy atom. The molecule has 1 aromatic heterocycles. The van der Waals surface area contributed by atoms with Crippen molar-refractivity contribution in [1.29, 1.82) is 0 Å². The Hall–Kier alpha value is -1.95. The predicted molar refractivity (Wildman–Crippen MR) is 83.0 cm³/mol. The highest BCUT2D eigenvalue weighted by atomic mass is 16.5. The highest BCUT2D eigenvalue weighted by Gasteiger charge is 2.20. The molecule has 0 saturated heterocycles. The van der Waals surface area contributed by atoms with E-state index in [1.165, 1.54) is 0 Å². The van der Waals surface area contributed by atoms with Crippen molar-refractivity contribution in [2.75, 3.05) is 12.4 Å². The molecule has 6 nitrogen and oxygen atoms in total. The summed E-state index contributed by atoms with van der Waals surface area (Å²) < 4.78 is 7.14. The molecule has 0 amide bonds. The molecule has 2 aromatic rings. The molecule has 1 aromatic carbocycles. The average molecular weight is 289 g/mol. The maximum absolute atomic E-state index is 5.47. The fourth-order valence-corrected chi connectivity index (χ4v) is 2.38. The minimum absolute atomic E-state index is 0.141. The van der Waals surface area contributed by atoms with Gasteiger partial charge in [-0.1, -0.05) is 12.1 Å². The molecule has 0 aliphatic heterocycles. The van der Waals surface area contributed by atoms with Crippen molar-refractivity contribution in [2.45, 2.75) is 38.8 Å². The fraction of sp³-hybridized carbons (Fsp3) is 0.533. The van der Waals surface area contributed by atoms with E-state index in [0.717, 1.165) is 23.5 Å². The van der Waals surface area contributed by atoms with Gasteiger partial charge in [-0.15, -0.1) is 5.10 Å². The van der Waals surface area contributed by atoms with Crippen LogP contribution in [0, 0.1) is 0 Å². The first-order valence-corrected chi connectivity index (χ1v) is 7.06. The van der Waals surface area contributed by atoms with Crippen LogP contribution in [0.2, 0.25) is 0 Å². The van der Waals surface area contributed by atoms with E-state index in [1.54, 1.807) is 11.8 Å². The summed E-state index contributed by atoms with van der Waals surface area (Å²) in [6, 6.07) is 8.40. The summed E-state index contributed by atoms with van der Waals surface area (Å²) in [5.41, 5.74) is 1.90. The number of methoxy groups -OCH3 is 1. The number of aromatic nitrogens is 4. The van der Waals surface area contributed by atoms with Crippen molar-refractivity contribution in [3.63, 3.8) is 0 Å². The monoisotopic (exact) mass is 289 g/mol. The summed E-state index contributed by atoms with van der Waals surface area (Å²) in [4.78, 5) is 0. The van der Waals surface area contributed by atoms with Crippen molar-refractivity contribution >= 4 is 5.69 Å². The van der Waals surface area contributed by atoms with Crippen LogP contribution in [0.4, 0.5) is 5.69 Å².